The van der Waals surface area contributed by atoms with E-state index < -0.39 is 62.5 Å². The van der Waals surface area contributed by atoms with Crippen LogP contribution in [-0.4, -0.2) is 56.0 Å². The smallest absolute Gasteiger partial charge is 0.425 e. The van der Waals surface area contributed by atoms with Gasteiger partial charge in [0.2, 0.25) is 0 Å². The number of aromatic nitrogens is 1. The molecule has 2 aromatic rings. The van der Waals surface area contributed by atoms with E-state index in [1.165, 1.54) is 4.90 Å². The molecule has 0 N–H and O–H groups in total. The van der Waals surface area contributed by atoms with Gasteiger partial charge in [-0.15, -0.1) is 0 Å². The number of hydrogen-bond donors (Lipinski definition) is 0. The summed E-state index contributed by atoms with van der Waals surface area (Å²) in [6.07, 6.45) is -5.22. The van der Waals surface area contributed by atoms with Gasteiger partial charge in [0.05, 0.1) is 16.0 Å². The van der Waals surface area contributed by atoms with E-state index in [-0.39, 0.29) is 29.2 Å². The predicted molar refractivity (Wildman–Crippen MR) is 101 cm³/mol. The Morgan fingerprint density at radius 3 is 2.67 bits per heavy atom. The van der Waals surface area contributed by atoms with Crippen LogP contribution in [0.3, 0.4) is 0 Å². The third-order valence-corrected chi connectivity index (χ3v) is 7.91. The van der Waals surface area contributed by atoms with Crippen LogP contribution in [0.4, 0.5) is 22.0 Å². The lowest BCUT2D eigenvalue weighted by molar-refractivity contribution is -0.189. The maximum atomic E-state index is 14.7. The van der Waals surface area contributed by atoms with Crippen LogP contribution < -0.4 is 4.74 Å². The van der Waals surface area contributed by atoms with E-state index in [0.717, 1.165) is 37.6 Å². The van der Waals surface area contributed by atoms with Crippen molar-refractivity contribution >= 4 is 15.7 Å². The molecular formula is C20H17F5N2O5S. The van der Waals surface area contributed by atoms with Crippen molar-refractivity contribution in [2.75, 3.05) is 19.3 Å². The molecule has 33 heavy (non-hydrogen) atoms. The Morgan fingerprint density at radius 2 is 2.03 bits per heavy atom. The van der Waals surface area contributed by atoms with Crippen LogP contribution in [-0.2, 0) is 21.2 Å². The molecular weight excluding hydrogens is 475 g/mol. The second-order valence-corrected chi connectivity index (χ2v) is 10.8. The van der Waals surface area contributed by atoms with Gasteiger partial charge < -0.3 is 14.2 Å². The summed E-state index contributed by atoms with van der Waals surface area (Å²) in [5.74, 6) is -6.05. The number of alkyl halides is 5. The van der Waals surface area contributed by atoms with E-state index in [1.807, 2.05) is 0 Å². The number of fused-ring (bicyclic) bond motifs is 2. The average molecular weight is 492 g/mol. The summed E-state index contributed by atoms with van der Waals surface area (Å²) in [5, 5.41) is 3.72. The quantitative estimate of drug-likeness (QED) is 0.610. The first-order chi connectivity index (χ1) is 15.2. The van der Waals surface area contributed by atoms with Crippen molar-refractivity contribution < 1.29 is 44.4 Å². The fourth-order valence-corrected chi connectivity index (χ4v) is 5.81. The minimum atomic E-state index is -4.73. The number of hydrogen-bond acceptors (Lipinski definition) is 6. The van der Waals surface area contributed by atoms with Gasteiger partial charge in [0.1, 0.15) is 17.7 Å². The van der Waals surface area contributed by atoms with Crippen molar-refractivity contribution in [3.63, 3.8) is 0 Å². The summed E-state index contributed by atoms with van der Waals surface area (Å²) in [7, 11) is -3.79. The molecule has 1 aromatic carbocycles. The fraction of sp³-hybridized carbons (Fsp3) is 0.500. The highest BCUT2D eigenvalue weighted by atomic mass is 32.2. The molecule has 4 unspecified atom stereocenters. The monoisotopic (exact) mass is 492 g/mol. The van der Waals surface area contributed by atoms with Crippen molar-refractivity contribution in [1.82, 2.24) is 10.1 Å². The molecule has 1 saturated heterocycles. The number of likely N-dealkylation sites (tertiary alicyclic amines) is 1. The molecule has 1 amide bonds. The van der Waals surface area contributed by atoms with Gasteiger partial charge >= 0.3 is 6.18 Å². The number of nitrogens with zero attached hydrogens (tertiary/aromatic N) is 2. The van der Waals surface area contributed by atoms with Crippen LogP contribution in [0.5, 0.6) is 5.75 Å². The van der Waals surface area contributed by atoms with Gasteiger partial charge in [0, 0.05) is 30.7 Å². The first kappa shape index (κ1) is 22.1. The van der Waals surface area contributed by atoms with E-state index >= 15 is 0 Å². The van der Waals surface area contributed by atoms with E-state index in [1.54, 1.807) is 0 Å². The minimum Gasteiger partial charge on any atom is -0.480 e. The maximum Gasteiger partial charge on any atom is 0.425 e. The fourth-order valence-electron chi connectivity index (χ4n) is 5.16. The van der Waals surface area contributed by atoms with E-state index in [2.05, 4.69) is 5.16 Å². The summed E-state index contributed by atoms with van der Waals surface area (Å²) < 4.78 is 102. The second-order valence-electron chi connectivity index (χ2n) is 8.74. The molecule has 1 spiro atoms. The highest BCUT2D eigenvalue weighted by Gasteiger charge is 2.84. The number of ether oxygens (including phenoxy) is 1. The van der Waals surface area contributed by atoms with Gasteiger partial charge in [0.25, 0.3) is 11.8 Å². The molecule has 2 fully saturated rings. The zero-order valence-electron chi connectivity index (χ0n) is 17.2. The van der Waals surface area contributed by atoms with Crippen molar-refractivity contribution in [2.24, 2.45) is 11.8 Å². The molecule has 2 aliphatic carbocycles. The molecule has 1 aromatic heterocycles. The Morgan fingerprint density at radius 1 is 1.33 bits per heavy atom. The Hall–Kier alpha value is -2.70. The number of sulfone groups is 1. The van der Waals surface area contributed by atoms with Crippen molar-refractivity contribution in [2.45, 2.75) is 35.4 Å². The van der Waals surface area contributed by atoms with Gasteiger partial charge in [-0.2, -0.15) is 13.2 Å². The number of carbonyl (C=O) groups excluding carboxylic acids is 1. The molecule has 1 saturated carbocycles. The normalized spacial score (nSPS) is 28.2. The van der Waals surface area contributed by atoms with Gasteiger partial charge in [-0.05, 0) is 31.0 Å². The lowest BCUT2D eigenvalue weighted by Crippen LogP contribution is -2.36. The number of halogens is 5. The molecule has 13 heteroatoms. The van der Waals surface area contributed by atoms with Crippen molar-refractivity contribution in [3.8, 4) is 5.75 Å². The van der Waals surface area contributed by atoms with Crippen LogP contribution in [0.1, 0.15) is 28.5 Å². The molecule has 4 atom stereocenters. The second kappa shape index (κ2) is 6.45. The summed E-state index contributed by atoms with van der Waals surface area (Å²) >= 11 is 0. The average Bonchev–Trinajstić information content (AvgIpc) is 3.07. The number of amides is 1. The third kappa shape index (κ3) is 3.00. The zero-order valence-corrected chi connectivity index (χ0v) is 18.0. The Labute approximate surface area is 184 Å². The van der Waals surface area contributed by atoms with E-state index in [9.17, 15) is 35.2 Å². The Kier molecular flexibility index (Phi) is 4.32. The molecule has 0 radical (unpaired) electrons. The zero-order chi connectivity index (χ0) is 24.1. The molecule has 1 aliphatic heterocycles. The summed E-state index contributed by atoms with van der Waals surface area (Å²) in [6, 6.07) is 2.98. The highest BCUT2D eigenvalue weighted by Crippen LogP contribution is 2.76. The largest absolute Gasteiger partial charge is 0.480 e. The lowest BCUT2D eigenvalue weighted by atomic mass is 10.0. The van der Waals surface area contributed by atoms with Crippen molar-refractivity contribution in [3.05, 3.63) is 41.3 Å². The van der Waals surface area contributed by atoms with Gasteiger partial charge in [-0.25, -0.2) is 17.2 Å². The standard InChI is InChI=1S/C20H17F5N2O5S/c1-9(20(23,24)25)32-14-4-3-10(33(2,29)30)5-11(14)17(28)27-6-12-15-18(12,8-27)16-13(7-31-26-16)19(15,21)22/h3-5,7,9,12,15H,6,8H2,1-2H3. The molecule has 0 bridgehead atoms. The number of rotatable bonds is 4. The minimum absolute atomic E-state index is 0.0806. The maximum absolute atomic E-state index is 14.7. The number of carbonyl (C=O) groups is 1. The molecule has 7 nitrogen and oxygen atoms in total. The van der Waals surface area contributed by atoms with Crippen LogP contribution in [0, 0.1) is 11.8 Å². The Bertz CT molecular complexity index is 1270. The molecule has 3 aliphatic rings. The third-order valence-electron chi connectivity index (χ3n) is 6.80. The van der Waals surface area contributed by atoms with Gasteiger partial charge in [-0.3, -0.25) is 4.79 Å². The molecule has 5 rings (SSSR count). The SMILES string of the molecule is CC(Oc1ccc(S(C)(=O)=O)cc1C(=O)N1CC2C3C(F)(F)c4conc4C23C1)C(F)(F)F. The van der Waals surface area contributed by atoms with Gasteiger partial charge in [0.15, 0.2) is 15.9 Å². The lowest BCUT2D eigenvalue weighted by Gasteiger charge is -2.25. The first-order valence-electron chi connectivity index (χ1n) is 9.89. The Balaban J connectivity index is 1.48. The topological polar surface area (TPSA) is 89.7 Å². The molecule has 2 heterocycles. The highest BCUT2D eigenvalue weighted by molar-refractivity contribution is 7.90. The van der Waals surface area contributed by atoms with Gasteiger partial charge in [-0.1, -0.05) is 5.16 Å². The summed E-state index contributed by atoms with van der Waals surface area (Å²) in [6.45, 7) is 0.524. The first-order valence-corrected chi connectivity index (χ1v) is 11.8. The van der Waals surface area contributed by atoms with Crippen LogP contribution in [0.2, 0.25) is 0 Å². The molecule has 178 valence electrons. The van der Waals surface area contributed by atoms with Crippen LogP contribution in [0.25, 0.3) is 0 Å². The number of piperidine rings is 1. The van der Waals surface area contributed by atoms with Crippen LogP contribution >= 0.6 is 0 Å². The van der Waals surface area contributed by atoms with Crippen LogP contribution in [0.15, 0.2) is 33.9 Å². The van der Waals surface area contributed by atoms with Crippen molar-refractivity contribution in [1.29, 1.82) is 0 Å². The summed E-state index contributed by atoms with van der Waals surface area (Å²) in [5.41, 5.74) is -1.71. The number of benzene rings is 1. The summed E-state index contributed by atoms with van der Waals surface area (Å²) in [4.78, 5) is 14.2. The van der Waals surface area contributed by atoms with E-state index in [0.29, 0.717) is 0 Å². The van der Waals surface area contributed by atoms with E-state index in [4.69, 9.17) is 9.26 Å². The predicted octanol–water partition coefficient (Wildman–Crippen LogP) is 3.15.